The Kier molecular flexibility index (Phi) is 6.94. The fourth-order valence-electron chi connectivity index (χ4n) is 3.03. The average Bonchev–Trinajstić information content (AvgIpc) is 3.13. The molecule has 12 heteroatoms. The molecule has 3 aromatic heterocycles. The van der Waals surface area contributed by atoms with E-state index in [1.54, 1.807) is 19.2 Å². The largest absolute Gasteiger partial charge is 0.472 e. The summed E-state index contributed by atoms with van der Waals surface area (Å²) in [5.41, 5.74) is 2.28. The molecule has 34 heavy (non-hydrogen) atoms. The number of ether oxygens (including phenoxy) is 2. The summed E-state index contributed by atoms with van der Waals surface area (Å²) < 4.78 is 41.2. The van der Waals surface area contributed by atoms with E-state index in [0.29, 0.717) is 10.6 Å². The lowest BCUT2D eigenvalue weighted by atomic mass is 10.1. The molecule has 0 aliphatic rings. The van der Waals surface area contributed by atoms with Crippen LogP contribution in [-0.4, -0.2) is 46.4 Å². The van der Waals surface area contributed by atoms with Gasteiger partial charge in [0.15, 0.2) is 5.03 Å². The molecule has 4 rings (SSSR count). The second-order valence-corrected chi connectivity index (χ2v) is 9.24. The monoisotopic (exact) mass is 500 g/mol. The quantitative estimate of drug-likeness (QED) is 0.347. The third kappa shape index (κ3) is 5.43. The van der Waals surface area contributed by atoms with Crippen molar-refractivity contribution in [3.05, 3.63) is 71.6 Å². The highest BCUT2D eigenvalue weighted by atomic mass is 35.5. The summed E-state index contributed by atoms with van der Waals surface area (Å²) in [4.78, 5) is 11.9. The Hall–Kier alpha value is -3.70. The van der Waals surface area contributed by atoms with E-state index >= 15 is 0 Å². The highest BCUT2D eigenvalue weighted by Crippen LogP contribution is 2.37. The van der Waals surface area contributed by atoms with E-state index in [9.17, 15) is 8.42 Å². The van der Waals surface area contributed by atoms with Crippen LogP contribution in [0.3, 0.4) is 0 Å². The molecule has 1 N–H and O–H groups in total. The molecule has 0 spiro atoms. The van der Waals surface area contributed by atoms with Crippen LogP contribution in [-0.2, 0) is 17.1 Å². The maximum Gasteiger partial charge on any atom is 0.316 e. The predicted octanol–water partition coefficient (Wildman–Crippen LogP) is 3.49. The summed E-state index contributed by atoms with van der Waals surface area (Å²) in [6.07, 6.45) is 4.27. The van der Waals surface area contributed by atoms with Crippen molar-refractivity contribution < 1.29 is 17.9 Å². The second kappa shape index (κ2) is 10.1. The first kappa shape index (κ1) is 23.5. The fourth-order valence-corrected chi connectivity index (χ4v) is 4.18. The highest BCUT2D eigenvalue weighted by Gasteiger charge is 2.25. The number of aryl methyl sites for hydroxylation is 2. The zero-order chi connectivity index (χ0) is 24.1. The van der Waals surface area contributed by atoms with Crippen molar-refractivity contribution in [1.82, 2.24) is 24.7 Å². The van der Waals surface area contributed by atoms with Gasteiger partial charge in [-0.3, -0.25) is 4.72 Å². The van der Waals surface area contributed by atoms with Crippen LogP contribution in [0.15, 0.2) is 66.1 Å². The van der Waals surface area contributed by atoms with Crippen molar-refractivity contribution >= 4 is 27.4 Å². The fraction of sp³-hybridized carbons (Fsp3) is 0.182. The van der Waals surface area contributed by atoms with Crippen LogP contribution in [0.2, 0.25) is 5.02 Å². The van der Waals surface area contributed by atoms with Gasteiger partial charge in [0.25, 0.3) is 10.0 Å². The highest BCUT2D eigenvalue weighted by molar-refractivity contribution is 7.92. The first-order valence-corrected chi connectivity index (χ1v) is 12.0. The van der Waals surface area contributed by atoms with Crippen molar-refractivity contribution in [2.75, 3.05) is 17.9 Å². The smallest absolute Gasteiger partial charge is 0.316 e. The van der Waals surface area contributed by atoms with E-state index < -0.39 is 10.0 Å². The SMILES string of the molecule is Cc1ccc(-c2c(OCCOc3ncc(Cl)cn3)nn(C)c2NS(=O)(=O)c2ccccn2)cc1. The number of nitrogens with zero attached hydrogens (tertiary/aromatic N) is 5. The number of nitrogens with one attached hydrogen (secondary N) is 1. The van der Waals surface area contributed by atoms with Gasteiger partial charge in [-0.15, -0.1) is 5.10 Å². The van der Waals surface area contributed by atoms with Crippen LogP contribution in [0.4, 0.5) is 5.82 Å². The Bertz CT molecular complexity index is 1360. The number of benzene rings is 1. The molecule has 0 aliphatic carbocycles. The molecule has 3 heterocycles. The van der Waals surface area contributed by atoms with Gasteiger partial charge < -0.3 is 9.47 Å². The molecule has 0 unspecified atom stereocenters. The van der Waals surface area contributed by atoms with Gasteiger partial charge in [0.1, 0.15) is 19.0 Å². The zero-order valence-electron chi connectivity index (χ0n) is 18.3. The summed E-state index contributed by atoms with van der Waals surface area (Å²) in [6, 6.07) is 12.4. The Labute approximate surface area is 201 Å². The Morgan fingerprint density at radius 1 is 1.00 bits per heavy atom. The van der Waals surface area contributed by atoms with Crippen LogP contribution in [0.1, 0.15) is 5.56 Å². The molecule has 0 saturated carbocycles. The van der Waals surface area contributed by atoms with Crippen LogP contribution < -0.4 is 14.2 Å². The minimum absolute atomic E-state index is 0.107. The van der Waals surface area contributed by atoms with Gasteiger partial charge in [0.05, 0.1) is 23.0 Å². The third-order valence-electron chi connectivity index (χ3n) is 4.65. The van der Waals surface area contributed by atoms with E-state index in [1.807, 2.05) is 31.2 Å². The number of hydrogen-bond donors (Lipinski definition) is 1. The lowest BCUT2D eigenvalue weighted by Crippen LogP contribution is -2.17. The van der Waals surface area contributed by atoms with Crippen molar-refractivity contribution in [2.24, 2.45) is 7.05 Å². The number of rotatable bonds is 9. The van der Waals surface area contributed by atoms with Crippen LogP contribution >= 0.6 is 11.6 Å². The van der Waals surface area contributed by atoms with Crippen molar-refractivity contribution in [3.63, 3.8) is 0 Å². The Morgan fingerprint density at radius 3 is 2.38 bits per heavy atom. The Balaban J connectivity index is 1.60. The van der Waals surface area contributed by atoms with Gasteiger partial charge in [-0.1, -0.05) is 47.5 Å². The molecule has 0 radical (unpaired) electrons. The first-order valence-electron chi connectivity index (χ1n) is 10.1. The van der Waals surface area contributed by atoms with Crippen molar-refractivity contribution in [2.45, 2.75) is 11.9 Å². The van der Waals surface area contributed by atoms with Gasteiger partial charge in [-0.25, -0.2) is 19.6 Å². The topological polar surface area (TPSA) is 121 Å². The maximum atomic E-state index is 12.9. The summed E-state index contributed by atoms with van der Waals surface area (Å²) in [5, 5.41) is 4.68. The van der Waals surface area contributed by atoms with Gasteiger partial charge in [-0.05, 0) is 24.6 Å². The lowest BCUT2D eigenvalue weighted by molar-refractivity contribution is 0.201. The molecule has 4 aromatic rings. The second-order valence-electron chi connectivity index (χ2n) is 7.17. The summed E-state index contributed by atoms with van der Waals surface area (Å²) in [5.74, 6) is 0.483. The molecule has 1 aromatic carbocycles. The number of halogens is 1. The first-order chi connectivity index (χ1) is 16.3. The van der Waals surface area contributed by atoms with E-state index in [2.05, 4.69) is 24.8 Å². The normalized spacial score (nSPS) is 11.3. The number of sulfonamides is 1. The Morgan fingerprint density at radius 2 is 1.71 bits per heavy atom. The van der Waals surface area contributed by atoms with Crippen LogP contribution in [0.25, 0.3) is 11.1 Å². The van der Waals surface area contributed by atoms with Gasteiger partial charge in [-0.2, -0.15) is 8.42 Å². The molecule has 176 valence electrons. The molecular formula is C22H21ClN6O4S. The zero-order valence-corrected chi connectivity index (χ0v) is 19.9. The van der Waals surface area contributed by atoms with E-state index in [4.69, 9.17) is 21.1 Å². The molecule has 0 amide bonds. The predicted molar refractivity (Wildman–Crippen MR) is 126 cm³/mol. The van der Waals surface area contributed by atoms with Crippen LogP contribution in [0.5, 0.6) is 11.9 Å². The summed E-state index contributed by atoms with van der Waals surface area (Å²) in [7, 11) is -2.33. The minimum Gasteiger partial charge on any atom is -0.472 e. The molecular weight excluding hydrogens is 480 g/mol. The molecule has 0 fully saturated rings. The standard InChI is InChI=1S/C22H21ClN6O4S/c1-15-6-8-16(9-7-15)19-20(28-34(30,31)18-5-3-4-10-24-18)29(2)27-21(19)32-11-12-33-22-25-13-17(23)14-26-22/h3-10,13-14,28H,11-12H2,1-2H3. The molecule has 0 aliphatic heterocycles. The van der Waals surface area contributed by atoms with E-state index in [-0.39, 0.29) is 35.9 Å². The number of hydrogen-bond acceptors (Lipinski definition) is 8. The maximum absolute atomic E-state index is 12.9. The molecule has 10 nitrogen and oxygen atoms in total. The van der Waals surface area contributed by atoms with Gasteiger partial charge >= 0.3 is 6.01 Å². The number of pyridine rings is 1. The number of aromatic nitrogens is 5. The molecule has 0 bridgehead atoms. The molecule has 0 atom stereocenters. The van der Waals surface area contributed by atoms with Gasteiger partial charge in [0.2, 0.25) is 5.88 Å². The van der Waals surface area contributed by atoms with E-state index in [1.165, 1.54) is 29.3 Å². The average molecular weight is 501 g/mol. The minimum atomic E-state index is -3.96. The van der Waals surface area contributed by atoms with Gasteiger partial charge in [0, 0.05) is 13.2 Å². The summed E-state index contributed by atoms with van der Waals surface area (Å²) in [6.45, 7) is 2.22. The molecule has 0 saturated heterocycles. The lowest BCUT2D eigenvalue weighted by Gasteiger charge is -2.11. The van der Waals surface area contributed by atoms with E-state index in [0.717, 1.165) is 11.1 Å². The van der Waals surface area contributed by atoms with Crippen LogP contribution in [0, 0.1) is 6.92 Å². The summed E-state index contributed by atoms with van der Waals surface area (Å²) >= 11 is 5.77. The van der Waals surface area contributed by atoms with Crippen molar-refractivity contribution in [1.29, 1.82) is 0 Å². The number of anilines is 1. The third-order valence-corrected chi connectivity index (χ3v) is 6.10. The van der Waals surface area contributed by atoms with Crippen molar-refractivity contribution in [3.8, 4) is 23.0 Å².